The Morgan fingerprint density at radius 2 is 2.17 bits per heavy atom. The Bertz CT molecular complexity index is 870. The van der Waals surface area contributed by atoms with Crippen molar-refractivity contribution < 1.29 is 9.59 Å². The van der Waals surface area contributed by atoms with E-state index in [2.05, 4.69) is 10.3 Å². The van der Waals surface area contributed by atoms with Crippen molar-refractivity contribution >= 4 is 23.2 Å². The molecule has 2 heterocycles. The third-order valence-electron chi connectivity index (χ3n) is 3.63. The Balaban J connectivity index is 1.74. The van der Waals surface area contributed by atoms with E-state index in [1.807, 2.05) is 42.0 Å². The molecule has 122 valence electrons. The largest absolute Gasteiger partial charge is 0.366 e. The van der Waals surface area contributed by atoms with E-state index < -0.39 is 5.91 Å². The molecule has 3 N–H and O–H groups in total. The van der Waals surface area contributed by atoms with Gasteiger partial charge in [-0.05, 0) is 30.7 Å². The van der Waals surface area contributed by atoms with Gasteiger partial charge in [-0.15, -0.1) is 11.3 Å². The van der Waals surface area contributed by atoms with Crippen LogP contribution in [-0.2, 0) is 0 Å². The summed E-state index contributed by atoms with van der Waals surface area (Å²) in [5.41, 5.74) is 7.50. The number of thiophene rings is 1. The molecule has 1 atom stereocenters. The molecule has 6 nitrogen and oxygen atoms in total. The van der Waals surface area contributed by atoms with Crippen LogP contribution in [0.5, 0.6) is 0 Å². The van der Waals surface area contributed by atoms with E-state index in [0.29, 0.717) is 10.4 Å². The summed E-state index contributed by atoms with van der Waals surface area (Å²) in [4.78, 5) is 27.9. The van der Waals surface area contributed by atoms with E-state index in [9.17, 15) is 9.59 Å². The number of carbonyl (C=O) groups excluding carboxylic acids is 2. The fourth-order valence-corrected chi connectivity index (χ4v) is 3.10. The molecule has 3 aromatic rings. The molecule has 0 fully saturated rings. The topological polar surface area (TPSA) is 90.0 Å². The van der Waals surface area contributed by atoms with Crippen LogP contribution in [0, 0.1) is 0 Å². The minimum absolute atomic E-state index is 0.180. The summed E-state index contributed by atoms with van der Waals surface area (Å²) in [5, 5.41) is 4.52. The second kappa shape index (κ2) is 6.67. The lowest BCUT2D eigenvalue weighted by Gasteiger charge is -2.15. The van der Waals surface area contributed by atoms with Crippen molar-refractivity contribution in [2.24, 2.45) is 5.73 Å². The number of rotatable bonds is 5. The molecule has 0 aliphatic carbocycles. The standard InChI is InChI=1S/C17H16N4O2S/c1-11(20-17(23)15-8-13(9-24-15)16(18)22)12-3-2-4-14(7-12)21-6-5-19-10-21/h2-11H,1H3,(H2,18,22)(H,20,23)/t11-/m1/s1. The van der Waals surface area contributed by atoms with E-state index in [-0.39, 0.29) is 11.9 Å². The highest BCUT2D eigenvalue weighted by molar-refractivity contribution is 7.12. The maximum Gasteiger partial charge on any atom is 0.261 e. The van der Waals surface area contributed by atoms with Crippen LogP contribution < -0.4 is 11.1 Å². The Hall–Kier alpha value is -2.93. The number of nitrogens with two attached hydrogens (primary N) is 1. The zero-order chi connectivity index (χ0) is 17.1. The van der Waals surface area contributed by atoms with E-state index in [1.165, 1.54) is 17.4 Å². The SMILES string of the molecule is C[C@@H](NC(=O)c1cc(C(N)=O)cs1)c1cccc(-n2ccnc2)c1. The van der Waals surface area contributed by atoms with Crippen molar-refractivity contribution in [1.82, 2.24) is 14.9 Å². The maximum absolute atomic E-state index is 12.3. The fraction of sp³-hybridized carbons (Fsp3) is 0.118. The first-order valence-electron chi connectivity index (χ1n) is 7.32. The molecule has 0 aliphatic rings. The highest BCUT2D eigenvalue weighted by Crippen LogP contribution is 2.19. The number of primary amides is 1. The third-order valence-corrected chi connectivity index (χ3v) is 4.56. The molecule has 3 rings (SSSR count). The number of aromatic nitrogens is 2. The first-order valence-corrected chi connectivity index (χ1v) is 8.20. The molecule has 2 amide bonds. The zero-order valence-corrected chi connectivity index (χ0v) is 13.8. The normalized spacial score (nSPS) is 11.9. The van der Waals surface area contributed by atoms with Crippen molar-refractivity contribution in [2.45, 2.75) is 13.0 Å². The number of hydrogen-bond donors (Lipinski definition) is 2. The molecule has 0 saturated heterocycles. The Morgan fingerprint density at radius 3 is 2.83 bits per heavy atom. The van der Waals surface area contributed by atoms with Gasteiger partial charge in [-0.3, -0.25) is 9.59 Å². The van der Waals surface area contributed by atoms with Gasteiger partial charge in [0, 0.05) is 23.5 Å². The third kappa shape index (κ3) is 3.36. The molecular formula is C17H16N4O2S. The van der Waals surface area contributed by atoms with Gasteiger partial charge in [0.05, 0.1) is 22.8 Å². The van der Waals surface area contributed by atoms with Gasteiger partial charge >= 0.3 is 0 Å². The summed E-state index contributed by atoms with van der Waals surface area (Å²) in [6.45, 7) is 1.91. The van der Waals surface area contributed by atoms with Crippen LogP contribution in [0.2, 0.25) is 0 Å². The average Bonchev–Trinajstić information content (AvgIpc) is 3.26. The number of nitrogens with zero attached hydrogens (tertiary/aromatic N) is 2. The lowest BCUT2D eigenvalue weighted by Crippen LogP contribution is -2.26. The molecule has 2 aromatic heterocycles. The van der Waals surface area contributed by atoms with Crippen LogP contribution in [0.15, 0.2) is 54.4 Å². The van der Waals surface area contributed by atoms with Crippen LogP contribution in [0.25, 0.3) is 5.69 Å². The molecule has 0 aliphatic heterocycles. The zero-order valence-electron chi connectivity index (χ0n) is 13.0. The van der Waals surface area contributed by atoms with Crippen LogP contribution in [-0.4, -0.2) is 21.4 Å². The van der Waals surface area contributed by atoms with Crippen molar-refractivity contribution in [2.75, 3.05) is 0 Å². The van der Waals surface area contributed by atoms with Gasteiger partial charge in [0.1, 0.15) is 0 Å². The lowest BCUT2D eigenvalue weighted by atomic mass is 10.1. The Kier molecular flexibility index (Phi) is 4.43. The molecule has 24 heavy (non-hydrogen) atoms. The van der Waals surface area contributed by atoms with Crippen molar-refractivity contribution in [3.05, 3.63) is 70.4 Å². The second-order valence-electron chi connectivity index (χ2n) is 5.32. The quantitative estimate of drug-likeness (QED) is 0.748. The summed E-state index contributed by atoms with van der Waals surface area (Å²) < 4.78 is 1.90. The summed E-state index contributed by atoms with van der Waals surface area (Å²) in [7, 11) is 0. The number of nitrogens with one attached hydrogen (secondary N) is 1. The Labute approximate surface area is 142 Å². The molecule has 0 unspecified atom stereocenters. The predicted octanol–water partition coefficient (Wildman–Crippen LogP) is 2.52. The predicted molar refractivity (Wildman–Crippen MR) is 92.3 cm³/mol. The average molecular weight is 340 g/mol. The summed E-state index contributed by atoms with van der Waals surface area (Å²) >= 11 is 1.20. The van der Waals surface area contributed by atoms with Crippen LogP contribution in [0.3, 0.4) is 0 Å². The van der Waals surface area contributed by atoms with Gasteiger partial charge in [0.15, 0.2) is 0 Å². The fourth-order valence-electron chi connectivity index (χ4n) is 2.30. The minimum atomic E-state index is -0.536. The summed E-state index contributed by atoms with van der Waals surface area (Å²) in [5.74, 6) is -0.764. The minimum Gasteiger partial charge on any atom is -0.366 e. The van der Waals surface area contributed by atoms with Gasteiger partial charge in [-0.2, -0.15) is 0 Å². The highest BCUT2D eigenvalue weighted by atomic mass is 32.1. The highest BCUT2D eigenvalue weighted by Gasteiger charge is 2.15. The van der Waals surface area contributed by atoms with Gasteiger partial charge in [-0.25, -0.2) is 4.98 Å². The van der Waals surface area contributed by atoms with E-state index in [4.69, 9.17) is 5.73 Å². The van der Waals surface area contributed by atoms with Gasteiger partial charge in [-0.1, -0.05) is 12.1 Å². The van der Waals surface area contributed by atoms with E-state index in [1.54, 1.807) is 17.9 Å². The number of carbonyl (C=O) groups is 2. The molecule has 7 heteroatoms. The van der Waals surface area contributed by atoms with E-state index >= 15 is 0 Å². The van der Waals surface area contributed by atoms with Gasteiger partial charge in [0.25, 0.3) is 5.91 Å². The van der Waals surface area contributed by atoms with Crippen molar-refractivity contribution in [1.29, 1.82) is 0 Å². The molecule has 0 radical (unpaired) electrons. The van der Waals surface area contributed by atoms with Crippen molar-refractivity contribution in [3.63, 3.8) is 0 Å². The summed E-state index contributed by atoms with van der Waals surface area (Å²) in [6.07, 6.45) is 5.30. The smallest absolute Gasteiger partial charge is 0.261 e. The molecule has 0 bridgehead atoms. The number of hydrogen-bond acceptors (Lipinski definition) is 4. The Morgan fingerprint density at radius 1 is 1.33 bits per heavy atom. The van der Waals surface area contributed by atoms with Crippen LogP contribution in [0.1, 0.15) is 38.6 Å². The van der Waals surface area contributed by atoms with E-state index in [0.717, 1.165) is 11.3 Å². The number of amides is 2. The molecule has 0 saturated carbocycles. The van der Waals surface area contributed by atoms with Crippen LogP contribution >= 0.6 is 11.3 Å². The molecule has 1 aromatic carbocycles. The van der Waals surface area contributed by atoms with Crippen molar-refractivity contribution in [3.8, 4) is 5.69 Å². The van der Waals surface area contributed by atoms with Crippen LogP contribution in [0.4, 0.5) is 0 Å². The maximum atomic E-state index is 12.3. The van der Waals surface area contributed by atoms with Gasteiger partial charge in [0.2, 0.25) is 5.91 Å². The monoisotopic (exact) mass is 340 g/mol. The second-order valence-corrected chi connectivity index (χ2v) is 6.24. The lowest BCUT2D eigenvalue weighted by molar-refractivity contribution is 0.0944. The first kappa shape index (κ1) is 15.9. The molecule has 0 spiro atoms. The first-order chi connectivity index (χ1) is 11.5. The number of imidazole rings is 1. The number of benzene rings is 1. The molecular weight excluding hydrogens is 324 g/mol. The summed E-state index contributed by atoms with van der Waals surface area (Å²) in [6, 6.07) is 9.18. The van der Waals surface area contributed by atoms with Gasteiger partial charge < -0.3 is 15.6 Å².